The Hall–Kier alpha value is -1.76. The molecule has 2 aromatic rings. The summed E-state index contributed by atoms with van der Waals surface area (Å²) in [5, 5.41) is 0.189. The third kappa shape index (κ3) is 3.44. The summed E-state index contributed by atoms with van der Waals surface area (Å²) in [7, 11) is -3.71. The van der Waals surface area contributed by atoms with Crippen LogP contribution in [0, 0.1) is 0 Å². The lowest BCUT2D eigenvalue weighted by atomic mass is 10.1. The van der Waals surface area contributed by atoms with Gasteiger partial charge >= 0.3 is 0 Å². The van der Waals surface area contributed by atoms with Gasteiger partial charge in [0.2, 0.25) is 10.0 Å². The maximum absolute atomic E-state index is 12.5. The van der Waals surface area contributed by atoms with E-state index >= 15 is 0 Å². The Morgan fingerprint density at radius 1 is 1.09 bits per heavy atom. The fraction of sp³-hybridized carbons (Fsp3) is 0.250. The molecule has 122 valence electrons. The molecule has 0 radical (unpaired) electrons. The van der Waals surface area contributed by atoms with Gasteiger partial charge in [-0.05, 0) is 36.8 Å². The van der Waals surface area contributed by atoms with Gasteiger partial charge in [-0.25, -0.2) is 13.1 Å². The molecule has 0 spiro atoms. The highest BCUT2D eigenvalue weighted by atomic mass is 35.5. The first-order valence-electron chi connectivity index (χ1n) is 7.14. The van der Waals surface area contributed by atoms with Gasteiger partial charge in [-0.3, -0.25) is 0 Å². The molecule has 0 unspecified atom stereocenters. The van der Waals surface area contributed by atoms with Crippen molar-refractivity contribution in [1.29, 1.82) is 0 Å². The van der Waals surface area contributed by atoms with E-state index in [0.29, 0.717) is 24.7 Å². The average Bonchev–Trinajstić information content (AvgIpc) is 2.54. The molecule has 5 nitrogen and oxygen atoms in total. The van der Waals surface area contributed by atoms with Gasteiger partial charge in [-0.1, -0.05) is 29.8 Å². The molecule has 7 heteroatoms. The number of halogens is 1. The van der Waals surface area contributed by atoms with E-state index in [0.717, 1.165) is 5.56 Å². The van der Waals surface area contributed by atoms with E-state index in [1.54, 1.807) is 37.3 Å². The number of hydrogen-bond acceptors (Lipinski definition) is 4. The number of rotatable bonds is 4. The number of hydrogen-bond donors (Lipinski definition) is 1. The van der Waals surface area contributed by atoms with Gasteiger partial charge in [0, 0.05) is 6.04 Å². The lowest BCUT2D eigenvalue weighted by Gasteiger charge is -2.21. The van der Waals surface area contributed by atoms with E-state index in [4.69, 9.17) is 21.1 Å². The smallest absolute Gasteiger partial charge is 0.242 e. The minimum atomic E-state index is -3.71. The largest absolute Gasteiger partial charge is 0.486 e. The van der Waals surface area contributed by atoms with Crippen molar-refractivity contribution in [2.24, 2.45) is 0 Å². The minimum Gasteiger partial charge on any atom is -0.486 e. The van der Waals surface area contributed by atoms with Crippen molar-refractivity contribution in [3.05, 3.63) is 53.1 Å². The molecule has 1 atom stereocenters. The Bertz CT molecular complexity index is 823. The van der Waals surface area contributed by atoms with Crippen molar-refractivity contribution >= 4 is 21.6 Å². The number of ether oxygens (including phenoxy) is 2. The highest BCUT2D eigenvalue weighted by molar-refractivity contribution is 7.89. The Labute approximate surface area is 140 Å². The lowest BCUT2D eigenvalue weighted by molar-refractivity contribution is 0.171. The molecule has 0 saturated carbocycles. The van der Waals surface area contributed by atoms with E-state index < -0.39 is 16.1 Å². The van der Waals surface area contributed by atoms with E-state index in [2.05, 4.69) is 4.72 Å². The van der Waals surface area contributed by atoms with Crippen LogP contribution in [0.4, 0.5) is 0 Å². The Morgan fingerprint density at radius 3 is 2.52 bits per heavy atom. The Morgan fingerprint density at radius 2 is 1.78 bits per heavy atom. The number of sulfonamides is 1. The van der Waals surface area contributed by atoms with Crippen LogP contribution in [0.5, 0.6) is 11.5 Å². The van der Waals surface area contributed by atoms with Crippen LogP contribution in [0.3, 0.4) is 0 Å². The summed E-state index contributed by atoms with van der Waals surface area (Å²) in [5.74, 6) is 1.29. The lowest BCUT2D eigenvalue weighted by Crippen LogP contribution is -2.27. The summed E-state index contributed by atoms with van der Waals surface area (Å²) >= 11 is 5.98. The van der Waals surface area contributed by atoms with Crippen molar-refractivity contribution in [2.75, 3.05) is 13.2 Å². The SMILES string of the molecule is C[C@@H](NS(=O)(=O)c1ccccc1Cl)c1ccc2c(c1)OCCO2. The van der Waals surface area contributed by atoms with Crippen molar-refractivity contribution < 1.29 is 17.9 Å². The molecule has 0 fully saturated rings. The predicted octanol–water partition coefficient (Wildman–Crippen LogP) is 3.15. The second-order valence-electron chi connectivity index (χ2n) is 5.18. The Kier molecular flexibility index (Phi) is 4.48. The van der Waals surface area contributed by atoms with Crippen LogP contribution in [-0.4, -0.2) is 21.6 Å². The highest BCUT2D eigenvalue weighted by Gasteiger charge is 2.22. The second kappa shape index (κ2) is 6.39. The summed E-state index contributed by atoms with van der Waals surface area (Å²) in [6.07, 6.45) is 0. The molecular formula is C16H16ClNO4S. The highest BCUT2D eigenvalue weighted by Crippen LogP contribution is 2.33. The first-order valence-corrected chi connectivity index (χ1v) is 9.00. The third-order valence-electron chi connectivity index (χ3n) is 3.52. The molecule has 0 bridgehead atoms. The summed E-state index contributed by atoms with van der Waals surface area (Å²) in [5.41, 5.74) is 0.782. The van der Waals surface area contributed by atoms with E-state index in [1.807, 2.05) is 6.07 Å². The van der Waals surface area contributed by atoms with Crippen LogP contribution < -0.4 is 14.2 Å². The normalized spacial score (nSPS) is 15.2. The average molecular weight is 354 g/mol. The molecule has 1 heterocycles. The van der Waals surface area contributed by atoms with Gasteiger partial charge in [0.1, 0.15) is 18.1 Å². The minimum absolute atomic E-state index is 0.0612. The van der Waals surface area contributed by atoms with Gasteiger partial charge in [0.25, 0.3) is 0 Å². The zero-order valence-corrected chi connectivity index (χ0v) is 14.0. The topological polar surface area (TPSA) is 64.6 Å². The number of fused-ring (bicyclic) bond motifs is 1. The van der Waals surface area contributed by atoms with Crippen LogP contribution in [0.15, 0.2) is 47.4 Å². The summed E-state index contributed by atoms with van der Waals surface area (Å²) in [6, 6.07) is 11.3. The summed E-state index contributed by atoms with van der Waals surface area (Å²) < 4.78 is 38.6. The van der Waals surface area contributed by atoms with Crippen molar-refractivity contribution in [1.82, 2.24) is 4.72 Å². The summed E-state index contributed by atoms with van der Waals surface area (Å²) in [4.78, 5) is 0.0612. The van der Waals surface area contributed by atoms with Crippen molar-refractivity contribution in [3.8, 4) is 11.5 Å². The molecular weight excluding hydrogens is 338 g/mol. The van der Waals surface area contributed by atoms with Crippen LogP contribution in [0.2, 0.25) is 5.02 Å². The molecule has 1 N–H and O–H groups in total. The van der Waals surface area contributed by atoms with Gasteiger partial charge in [0.05, 0.1) is 5.02 Å². The number of nitrogens with one attached hydrogen (secondary N) is 1. The maximum Gasteiger partial charge on any atom is 0.242 e. The molecule has 0 aliphatic carbocycles. The van der Waals surface area contributed by atoms with Gasteiger partial charge in [0.15, 0.2) is 11.5 Å². The molecule has 2 aromatic carbocycles. The molecule has 0 saturated heterocycles. The summed E-state index contributed by atoms with van der Waals surface area (Å²) in [6.45, 7) is 2.76. The molecule has 0 amide bonds. The zero-order valence-electron chi connectivity index (χ0n) is 12.5. The van der Waals surface area contributed by atoms with Crippen LogP contribution in [0.25, 0.3) is 0 Å². The predicted molar refractivity (Wildman–Crippen MR) is 87.6 cm³/mol. The van der Waals surface area contributed by atoms with E-state index in [9.17, 15) is 8.42 Å². The standard InChI is InChI=1S/C16H16ClNO4S/c1-11(12-6-7-14-15(10-12)22-9-8-21-14)18-23(19,20)16-5-3-2-4-13(16)17/h2-7,10-11,18H,8-9H2,1H3/t11-/m1/s1. The monoisotopic (exact) mass is 353 g/mol. The maximum atomic E-state index is 12.5. The number of benzene rings is 2. The third-order valence-corrected chi connectivity index (χ3v) is 5.56. The first kappa shape index (κ1) is 16.1. The zero-order chi connectivity index (χ0) is 16.4. The van der Waals surface area contributed by atoms with E-state index in [-0.39, 0.29) is 9.92 Å². The fourth-order valence-electron chi connectivity index (χ4n) is 2.36. The second-order valence-corrected chi connectivity index (χ2v) is 7.27. The quantitative estimate of drug-likeness (QED) is 0.917. The van der Waals surface area contributed by atoms with Gasteiger partial charge < -0.3 is 9.47 Å². The van der Waals surface area contributed by atoms with Crippen molar-refractivity contribution in [3.63, 3.8) is 0 Å². The Balaban J connectivity index is 1.84. The van der Waals surface area contributed by atoms with E-state index in [1.165, 1.54) is 6.07 Å². The van der Waals surface area contributed by atoms with Gasteiger partial charge in [-0.2, -0.15) is 0 Å². The molecule has 0 aromatic heterocycles. The first-order chi connectivity index (χ1) is 11.0. The molecule has 1 aliphatic rings. The van der Waals surface area contributed by atoms with Crippen LogP contribution >= 0.6 is 11.6 Å². The van der Waals surface area contributed by atoms with Gasteiger partial charge in [-0.15, -0.1) is 0 Å². The molecule has 1 aliphatic heterocycles. The van der Waals surface area contributed by atoms with Crippen LogP contribution in [-0.2, 0) is 10.0 Å². The molecule has 3 rings (SSSR count). The fourth-order valence-corrected chi connectivity index (χ4v) is 4.11. The van der Waals surface area contributed by atoms with Crippen LogP contribution in [0.1, 0.15) is 18.5 Å². The molecule has 23 heavy (non-hydrogen) atoms. The van der Waals surface area contributed by atoms with Crippen molar-refractivity contribution in [2.45, 2.75) is 17.9 Å².